The summed E-state index contributed by atoms with van der Waals surface area (Å²) in [7, 11) is 0. The van der Waals surface area contributed by atoms with Crippen LogP contribution in [0, 0.1) is 6.92 Å². The number of hydrazine groups is 1. The zero-order valence-electron chi connectivity index (χ0n) is 15.5. The van der Waals surface area contributed by atoms with Crippen LogP contribution in [0.25, 0.3) is 5.69 Å². The van der Waals surface area contributed by atoms with Gasteiger partial charge in [0.15, 0.2) is 5.82 Å². The molecule has 9 nitrogen and oxygen atoms in total. The smallest absolute Gasteiger partial charge is 0.271 e. The number of carbonyl (C=O) groups is 3. The summed E-state index contributed by atoms with van der Waals surface area (Å²) in [5, 5.41) is 6.22. The molecule has 0 aliphatic rings. The highest BCUT2D eigenvalue weighted by atomic mass is 32.2. The normalized spacial score (nSPS) is 10.4. The van der Waals surface area contributed by atoms with Crippen LogP contribution in [0.15, 0.2) is 59.4 Å². The largest absolute Gasteiger partial charge is 0.360 e. The Balaban J connectivity index is 1.43. The lowest BCUT2D eigenvalue weighted by Crippen LogP contribution is -2.43. The molecule has 0 saturated heterocycles. The molecule has 0 spiro atoms. The van der Waals surface area contributed by atoms with Crippen LogP contribution in [0.4, 0.5) is 5.82 Å². The molecule has 1 aromatic carbocycles. The zero-order chi connectivity index (χ0) is 20.6. The van der Waals surface area contributed by atoms with Gasteiger partial charge in [-0.05, 0) is 31.2 Å². The minimum Gasteiger partial charge on any atom is -0.360 e. The summed E-state index contributed by atoms with van der Waals surface area (Å²) in [6.45, 7) is 1.72. The molecule has 2 aromatic heterocycles. The van der Waals surface area contributed by atoms with Crippen LogP contribution in [0.2, 0.25) is 0 Å². The van der Waals surface area contributed by atoms with Crippen molar-refractivity contribution in [2.75, 3.05) is 16.8 Å². The van der Waals surface area contributed by atoms with Crippen molar-refractivity contribution < 1.29 is 18.9 Å². The van der Waals surface area contributed by atoms with Crippen LogP contribution in [0.1, 0.15) is 16.1 Å². The third-order valence-electron chi connectivity index (χ3n) is 3.71. The van der Waals surface area contributed by atoms with E-state index in [9.17, 15) is 14.4 Å². The summed E-state index contributed by atoms with van der Waals surface area (Å²) < 4.78 is 6.66. The molecule has 29 heavy (non-hydrogen) atoms. The van der Waals surface area contributed by atoms with Gasteiger partial charge in [0.1, 0.15) is 5.76 Å². The number of anilines is 1. The Morgan fingerprint density at radius 3 is 2.48 bits per heavy atom. The Morgan fingerprint density at radius 2 is 1.76 bits per heavy atom. The van der Waals surface area contributed by atoms with E-state index < -0.39 is 11.8 Å². The SMILES string of the molecule is Cc1cc(NC(=O)CSCC(=O)NNC(=O)c2ccccc2-n2cccc2)no1. The number of nitrogens with zero attached hydrogens (tertiary/aromatic N) is 2. The monoisotopic (exact) mass is 413 g/mol. The number of benzene rings is 1. The number of para-hydroxylation sites is 1. The van der Waals surface area contributed by atoms with E-state index in [0.29, 0.717) is 22.8 Å². The predicted molar refractivity (Wildman–Crippen MR) is 109 cm³/mol. The van der Waals surface area contributed by atoms with Crippen molar-refractivity contribution in [2.24, 2.45) is 0 Å². The van der Waals surface area contributed by atoms with Crippen molar-refractivity contribution in [1.82, 2.24) is 20.6 Å². The van der Waals surface area contributed by atoms with E-state index in [2.05, 4.69) is 21.3 Å². The number of rotatable bonds is 7. The van der Waals surface area contributed by atoms with Crippen molar-refractivity contribution in [3.05, 3.63) is 66.2 Å². The Morgan fingerprint density at radius 1 is 1.03 bits per heavy atom. The molecule has 0 aliphatic heterocycles. The van der Waals surface area contributed by atoms with Crippen molar-refractivity contribution in [3.8, 4) is 5.69 Å². The maximum Gasteiger partial charge on any atom is 0.271 e. The molecule has 0 atom stereocenters. The van der Waals surface area contributed by atoms with Crippen LogP contribution >= 0.6 is 11.8 Å². The highest BCUT2D eigenvalue weighted by Crippen LogP contribution is 2.14. The van der Waals surface area contributed by atoms with Gasteiger partial charge in [-0.2, -0.15) is 0 Å². The van der Waals surface area contributed by atoms with E-state index in [0.717, 1.165) is 11.8 Å². The fourth-order valence-corrected chi connectivity index (χ4v) is 3.07. The van der Waals surface area contributed by atoms with E-state index in [4.69, 9.17) is 4.52 Å². The molecule has 0 saturated carbocycles. The first-order chi connectivity index (χ1) is 14.0. The molecule has 3 N–H and O–H groups in total. The topological polar surface area (TPSA) is 118 Å². The number of nitrogens with one attached hydrogen (secondary N) is 3. The molecule has 0 fully saturated rings. The molecule has 0 aliphatic carbocycles. The predicted octanol–water partition coefficient (Wildman–Crippen LogP) is 1.91. The summed E-state index contributed by atoms with van der Waals surface area (Å²) in [6, 6.07) is 12.3. The van der Waals surface area contributed by atoms with Gasteiger partial charge >= 0.3 is 0 Å². The fraction of sp³-hybridized carbons (Fsp3) is 0.158. The molecule has 10 heteroatoms. The van der Waals surface area contributed by atoms with Gasteiger partial charge in [0.05, 0.1) is 22.8 Å². The first-order valence-electron chi connectivity index (χ1n) is 8.65. The fourth-order valence-electron chi connectivity index (χ4n) is 2.46. The van der Waals surface area contributed by atoms with E-state index in [1.165, 1.54) is 0 Å². The number of carbonyl (C=O) groups excluding carboxylic acids is 3. The maximum absolute atomic E-state index is 12.4. The van der Waals surface area contributed by atoms with Gasteiger partial charge < -0.3 is 14.4 Å². The number of amides is 3. The lowest BCUT2D eigenvalue weighted by molar-refractivity contribution is -0.119. The molecule has 3 aromatic rings. The zero-order valence-corrected chi connectivity index (χ0v) is 16.4. The van der Waals surface area contributed by atoms with Gasteiger partial charge in [-0.25, -0.2) is 0 Å². The average molecular weight is 413 g/mol. The number of thioether (sulfide) groups is 1. The van der Waals surface area contributed by atoms with Gasteiger partial charge in [0, 0.05) is 18.5 Å². The third kappa shape index (κ3) is 5.72. The number of hydrogen-bond acceptors (Lipinski definition) is 6. The highest BCUT2D eigenvalue weighted by Gasteiger charge is 2.13. The quantitative estimate of drug-likeness (QED) is 0.509. The Kier molecular flexibility index (Phi) is 6.69. The summed E-state index contributed by atoms with van der Waals surface area (Å²) >= 11 is 1.11. The van der Waals surface area contributed by atoms with Crippen LogP contribution in [0.5, 0.6) is 0 Å². The Labute approximate surface area is 170 Å². The molecule has 2 heterocycles. The first kappa shape index (κ1) is 20.2. The lowest BCUT2D eigenvalue weighted by Gasteiger charge is -2.11. The summed E-state index contributed by atoms with van der Waals surface area (Å²) in [4.78, 5) is 36.1. The lowest BCUT2D eigenvalue weighted by atomic mass is 10.1. The summed E-state index contributed by atoms with van der Waals surface area (Å²) in [6.07, 6.45) is 3.65. The van der Waals surface area contributed by atoms with Crippen molar-refractivity contribution >= 4 is 35.3 Å². The van der Waals surface area contributed by atoms with Crippen LogP contribution in [-0.2, 0) is 9.59 Å². The number of hydrogen-bond donors (Lipinski definition) is 3. The molecule has 150 valence electrons. The molecule has 0 radical (unpaired) electrons. The average Bonchev–Trinajstić information content (AvgIpc) is 3.38. The highest BCUT2D eigenvalue weighted by molar-refractivity contribution is 8.00. The first-order valence-corrected chi connectivity index (χ1v) is 9.81. The third-order valence-corrected chi connectivity index (χ3v) is 4.64. The Bertz CT molecular complexity index is 1000. The van der Waals surface area contributed by atoms with E-state index in [1.807, 2.05) is 41.2 Å². The van der Waals surface area contributed by atoms with Crippen molar-refractivity contribution in [3.63, 3.8) is 0 Å². The van der Waals surface area contributed by atoms with Crippen LogP contribution < -0.4 is 16.2 Å². The minimum atomic E-state index is -0.438. The van der Waals surface area contributed by atoms with Crippen LogP contribution in [0.3, 0.4) is 0 Å². The van der Waals surface area contributed by atoms with Gasteiger partial charge in [-0.3, -0.25) is 25.2 Å². The summed E-state index contributed by atoms with van der Waals surface area (Å²) in [5.74, 6) is -0.193. The van der Waals surface area contributed by atoms with Crippen molar-refractivity contribution in [1.29, 1.82) is 0 Å². The maximum atomic E-state index is 12.4. The standard InChI is InChI=1S/C19H19N5O4S/c1-13-10-16(23-28-13)20-17(25)11-29-12-18(26)21-22-19(27)14-6-2-3-7-15(14)24-8-4-5-9-24/h2-10H,11-12H2,1H3,(H,21,26)(H,22,27)(H,20,23,25). The van der Waals surface area contributed by atoms with Crippen molar-refractivity contribution in [2.45, 2.75) is 6.92 Å². The van der Waals surface area contributed by atoms with Crippen LogP contribution in [-0.4, -0.2) is 39.0 Å². The van der Waals surface area contributed by atoms with Gasteiger partial charge in [-0.15, -0.1) is 11.8 Å². The van der Waals surface area contributed by atoms with E-state index in [1.54, 1.807) is 25.1 Å². The summed E-state index contributed by atoms with van der Waals surface area (Å²) in [5.41, 5.74) is 5.85. The molecule has 3 amide bonds. The second-order valence-corrected chi connectivity index (χ2v) is 6.96. The minimum absolute atomic E-state index is 0.00475. The van der Waals surface area contributed by atoms with E-state index >= 15 is 0 Å². The number of aromatic nitrogens is 2. The van der Waals surface area contributed by atoms with Gasteiger partial charge in [0.25, 0.3) is 5.91 Å². The number of aryl methyl sites for hydroxylation is 1. The molecule has 0 bridgehead atoms. The molecular weight excluding hydrogens is 394 g/mol. The second-order valence-electron chi connectivity index (χ2n) is 5.97. The Hall–Kier alpha value is -3.53. The molecular formula is C19H19N5O4S. The molecule has 0 unspecified atom stereocenters. The van der Waals surface area contributed by atoms with Gasteiger partial charge in [0.2, 0.25) is 11.8 Å². The van der Waals surface area contributed by atoms with Gasteiger partial charge in [-0.1, -0.05) is 17.3 Å². The van der Waals surface area contributed by atoms with E-state index in [-0.39, 0.29) is 17.4 Å². The molecule has 3 rings (SSSR count). The second kappa shape index (κ2) is 9.60.